The molecule has 1 aromatic carbocycles. The summed E-state index contributed by atoms with van der Waals surface area (Å²) in [5.41, 5.74) is 1.20. The third-order valence-electron chi connectivity index (χ3n) is 2.41. The van der Waals surface area contributed by atoms with Crippen LogP contribution in [-0.4, -0.2) is 10.3 Å². The van der Waals surface area contributed by atoms with Crippen LogP contribution in [0, 0.1) is 5.82 Å². The summed E-state index contributed by atoms with van der Waals surface area (Å²) < 4.78 is 13.7. The third kappa shape index (κ3) is 2.23. The Labute approximate surface area is 102 Å². The van der Waals surface area contributed by atoms with Gasteiger partial charge in [-0.15, -0.1) is 0 Å². The maximum atomic E-state index is 12.9. The van der Waals surface area contributed by atoms with Crippen molar-refractivity contribution in [2.24, 2.45) is 0 Å². The van der Waals surface area contributed by atoms with Gasteiger partial charge in [-0.3, -0.25) is 5.21 Å². The zero-order valence-electron chi connectivity index (χ0n) is 8.77. The third-order valence-corrected chi connectivity index (χ3v) is 2.72. The topological polar surface area (TPSA) is 44.3 Å². The van der Waals surface area contributed by atoms with E-state index in [-0.39, 0.29) is 11.6 Å². The Morgan fingerprint density at radius 1 is 1.24 bits per heavy atom. The molecule has 2 aromatic rings. The van der Waals surface area contributed by atoms with Gasteiger partial charge in [0.05, 0.1) is 10.6 Å². The number of pyridine rings is 1. The first-order valence-electron chi connectivity index (χ1n) is 4.93. The minimum absolute atomic E-state index is 0.197. The maximum Gasteiger partial charge on any atom is 0.266 e. The van der Waals surface area contributed by atoms with E-state index in [1.165, 1.54) is 18.2 Å². The second kappa shape index (κ2) is 4.69. The lowest BCUT2D eigenvalue weighted by Crippen LogP contribution is -2.37. The second-order valence-electron chi connectivity index (χ2n) is 3.50. The number of hydrogen-bond donors (Lipinski definition) is 2. The molecular formula is C12H10ClFNO2+. The predicted molar refractivity (Wildman–Crippen MR) is 60.1 cm³/mol. The lowest BCUT2D eigenvalue weighted by Gasteiger charge is -2.02. The van der Waals surface area contributed by atoms with Gasteiger partial charge in [0.2, 0.25) is 0 Å². The highest BCUT2D eigenvalue weighted by molar-refractivity contribution is 6.33. The molecule has 1 heterocycles. The molecule has 0 aliphatic carbocycles. The summed E-state index contributed by atoms with van der Waals surface area (Å²) >= 11 is 5.90. The largest absolute Gasteiger partial charge is 0.385 e. The van der Waals surface area contributed by atoms with Crippen LogP contribution in [-0.2, 0) is 6.61 Å². The van der Waals surface area contributed by atoms with Crippen molar-refractivity contribution < 1.29 is 19.4 Å². The number of aliphatic hydroxyl groups excluding tert-OH is 1. The molecule has 0 spiro atoms. The Bertz CT molecular complexity index is 560. The second-order valence-corrected chi connectivity index (χ2v) is 3.90. The predicted octanol–water partition coefficient (Wildman–Crippen LogP) is 2.16. The highest BCUT2D eigenvalue weighted by atomic mass is 35.5. The van der Waals surface area contributed by atoms with Crippen LogP contribution >= 0.6 is 11.6 Å². The van der Waals surface area contributed by atoms with Crippen LogP contribution in [0.5, 0.6) is 0 Å². The molecule has 0 unspecified atom stereocenters. The summed E-state index contributed by atoms with van der Waals surface area (Å²) in [5.74, 6) is -0.443. The van der Waals surface area contributed by atoms with Crippen molar-refractivity contribution in [1.82, 2.24) is 0 Å². The fraction of sp³-hybridized carbons (Fsp3) is 0.0833. The van der Waals surface area contributed by atoms with E-state index in [4.69, 9.17) is 16.7 Å². The fourth-order valence-corrected chi connectivity index (χ4v) is 1.83. The van der Waals surface area contributed by atoms with Crippen LogP contribution in [0.3, 0.4) is 0 Å². The minimum atomic E-state index is -0.443. The molecule has 0 aliphatic heterocycles. The average Bonchev–Trinajstić information content (AvgIpc) is 2.30. The van der Waals surface area contributed by atoms with Crippen LogP contribution in [0.4, 0.5) is 4.39 Å². The lowest BCUT2D eigenvalue weighted by atomic mass is 10.1. The van der Waals surface area contributed by atoms with Gasteiger partial charge >= 0.3 is 0 Å². The van der Waals surface area contributed by atoms with Gasteiger partial charge in [-0.1, -0.05) is 11.6 Å². The molecule has 0 bridgehead atoms. The summed E-state index contributed by atoms with van der Waals surface area (Å²) in [6.07, 6.45) is 0. The summed E-state index contributed by atoms with van der Waals surface area (Å²) in [6.45, 7) is -0.302. The first kappa shape index (κ1) is 11.8. The molecule has 0 saturated heterocycles. The van der Waals surface area contributed by atoms with E-state index in [2.05, 4.69) is 0 Å². The molecular weight excluding hydrogens is 245 g/mol. The Balaban J connectivity index is 2.60. The molecule has 3 nitrogen and oxygen atoms in total. The van der Waals surface area contributed by atoms with Gasteiger partial charge in [0.15, 0.2) is 0 Å². The van der Waals surface area contributed by atoms with Crippen molar-refractivity contribution in [3.8, 4) is 11.3 Å². The lowest BCUT2D eigenvalue weighted by molar-refractivity contribution is -0.902. The highest BCUT2D eigenvalue weighted by Gasteiger charge is 2.19. The Hall–Kier alpha value is -1.65. The molecule has 0 radical (unpaired) electrons. The molecule has 0 fully saturated rings. The fourth-order valence-electron chi connectivity index (χ4n) is 1.57. The number of halogens is 2. The normalized spacial score (nSPS) is 10.5. The molecule has 2 rings (SSSR count). The average molecular weight is 255 g/mol. The Morgan fingerprint density at radius 3 is 2.65 bits per heavy atom. The quantitative estimate of drug-likeness (QED) is 0.637. The van der Waals surface area contributed by atoms with E-state index in [1.54, 1.807) is 18.2 Å². The monoisotopic (exact) mass is 254 g/mol. The Kier molecular flexibility index (Phi) is 3.26. The zero-order valence-corrected chi connectivity index (χ0v) is 9.52. The van der Waals surface area contributed by atoms with Gasteiger partial charge in [-0.2, -0.15) is 0 Å². The van der Waals surface area contributed by atoms with Crippen molar-refractivity contribution >= 4 is 11.6 Å². The smallest absolute Gasteiger partial charge is 0.266 e. The standard InChI is InChI=1S/C12H10ClFNO2/c13-11-6-8(14)4-5-10(11)12-3-1-2-9(7-16)15(12)17/h1-6,16-17H,7H2/q+1. The van der Waals surface area contributed by atoms with Crippen LogP contribution < -0.4 is 4.73 Å². The van der Waals surface area contributed by atoms with Crippen molar-refractivity contribution in [3.63, 3.8) is 0 Å². The van der Waals surface area contributed by atoms with Gasteiger partial charge in [-0.25, -0.2) is 4.39 Å². The summed E-state index contributed by atoms with van der Waals surface area (Å²) in [7, 11) is 0. The van der Waals surface area contributed by atoms with E-state index in [9.17, 15) is 9.60 Å². The molecule has 0 aliphatic rings. The first-order chi connectivity index (χ1) is 8.13. The molecule has 0 atom stereocenters. The summed E-state index contributed by atoms with van der Waals surface area (Å²) in [4.78, 5) is 0. The summed E-state index contributed by atoms with van der Waals surface area (Å²) in [6, 6.07) is 8.77. The van der Waals surface area contributed by atoms with Gasteiger partial charge in [-0.05, 0) is 24.3 Å². The van der Waals surface area contributed by atoms with Crippen molar-refractivity contribution in [3.05, 3.63) is 52.9 Å². The van der Waals surface area contributed by atoms with Crippen LogP contribution in [0.2, 0.25) is 5.02 Å². The SMILES string of the molecule is OCc1cccc(-c2ccc(F)cc2Cl)[n+]1O. The van der Waals surface area contributed by atoms with Crippen molar-refractivity contribution in [2.75, 3.05) is 0 Å². The van der Waals surface area contributed by atoms with Crippen molar-refractivity contribution in [1.29, 1.82) is 0 Å². The van der Waals surface area contributed by atoms with E-state index >= 15 is 0 Å². The number of hydrogen-bond acceptors (Lipinski definition) is 2. The van der Waals surface area contributed by atoms with Gasteiger partial charge in [0.25, 0.3) is 11.4 Å². The first-order valence-corrected chi connectivity index (χ1v) is 5.30. The van der Waals surface area contributed by atoms with Crippen LogP contribution in [0.15, 0.2) is 36.4 Å². The Morgan fingerprint density at radius 2 is 2.00 bits per heavy atom. The molecule has 17 heavy (non-hydrogen) atoms. The van der Waals surface area contributed by atoms with Crippen LogP contribution in [0.25, 0.3) is 11.3 Å². The number of aromatic nitrogens is 1. The van der Waals surface area contributed by atoms with E-state index < -0.39 is 5.82 Å². The van der Waals surface area contributed by atoms with Gasteiger partial charge in [0, 0.05) is 16.9 Å². The molecule has 2 N–H and O–H groups in total. The maximum absolute atomic E-state index is 12.9. The highest BCUT2D eigenvalue weighted by Crippen LogP contribution is 2.26. The number of nitrogens with zero attached hydrogens (tertiary/aromatic N) is 1. The van der Waals surface area contributed by atoms with Gasteiger partial charge in [0.1, 0.15) is 12.4 Å². The molecule has 88 valence electrons. The van der Waals surface area contributed by atoms with Gasteiger partial charge < -0.3 is 5.11 Å². The zero-order chi connectivity index (χ0) is 12.4. The molecule has 1 aromatic heterocycles. The molecule has 0 amide bonds. The molecule has 0 saturated carbocycles. The van der Waals surface area contributed by atoms with E-state index in [0.717, 1.165) is 4.73 Å². The minimum Gasteiger partial charge on any atom is -0.385 e. The van der Waals surface area contributed by atoms with Crippen LogP contribution in [0.1, 0.15) is 5.69 Å². The van der Waals surface area contributed by atoms with E-state index in [1.807, 2.05) is 0 Å². The summed E-state index contributed by atoms with van der Waals surface area (Å²) in [5, 5.41) is 19.1. The van der Waals surface area contributed by atoms with Crippen molar-refractivity contribution in [2.45, 2.75) is 6.61 Å². The number of aliphatic hydroxyl groups is 1. The van der Waals surface area contributed by atoms with E-state index in [0.29, 0.717) is 17.0 Å². The number of benzene rings is 1. The molecule has 5 heteroatoms. The number of rotatable bonds is 2.